The van der Waals surface area contributed by atoms with Crippen LogP contribution in [0, 0.1) is 17.0 Å². The molecule has 0 aliphatic heterocycles. The predicted octanol–water partition coefficient (Wildman–Crippen LogP) is 4.07. The van der Waals surface area contributed by atoms with Gasteiger partial charge in [-0.1, -0.05) is 6.07 Å². The van der Waals surface area contributed by atoms with Gasteiger partial charge in [0.15, 0.2) is 0 Å². The highest BCUT2D eigenvalue weighted by atomic mass is 32.1. The molecule has 0 atom stereocenters. The molecule has 0 radical (unpaired) electrons. The number of benzene rings is 1. The zero-order valence-corrected chi connectivity index (χ0v) is 16.4. The first-order valence-corrected chi connectivity index (χ1v) is 9.86. The van der Waals surface area contributed by atoms with Crippen LogP contribution in [0.15, 0.2) is 23.6 Å². The van der Waals surface area contributed by atoms with E-state index in [0.29, 0.717) is 27.7 Å². The van der Waals surface area contributed by atoms with Crippen molar-refractivity contribution in [2.75, 3.05) is 23.8 Å². The highest BCUT2D eigenvalue weighted by Gasteiger charge is 2.32. The molecule has 8 nitrogen and oxygen atoms in total. The Bertz CT molecular complexity index is 920. The van der Waals surface area contributed by atoms with Crippen LogP contribution in [0.4, 0.5) is 16.4 Å². The van der Waals surface area contributed by atoms with Gasteiger partial charge in [0.05, 0.1) is 23.6 Å². The van der Waals surface area contributed by atoms with Crippen LogP contribution in [0.2, 0.25) is 0 Å². The quantitative estimate of drug-likeness (QED) is 0.390. The fourth-order valence-corrected chi connectivity index (χ4v) is 3.98. The first-order valence-electron chi connectivity index (χ1n) is 8.98. The molecule has 9 heteroatoms. The van der Waals surface area contributed by atoms with Crippen molar-refractivity contribution in [3.05, 3.63) is 50.4 Å². The topological polar surface area (TPSA) is 111 Å². The molecule has 2 N–H and O–H groups in total. The number of nitro benzene ring substituents is 1. The van der Waals surface area contributed by atoms with Gasteiger partial charge < -0.3 is 15.4 Å². The number of amides is 1. The maximum Gasteiger partial charge on any atom is 0.341 e. The molecular weight excluding hydrogens is 382 g/mol. The maximum atomic E-state index is 12.4. The minimum atomic E-state index is -0.461. The van der Waals surface area contributed by atoms with Crippen molar-refractivity contribution in [1.29, 1.82) is 0 Å². The Labute approximate surface area is 166 Å². The summed E-state index contributed by atoms with van der Waals surface area (Å²) in [4.78, 5) is 35.3. The van der Waals surface area contributed by atoms with E-state index in [1.54, 1.807) is 26.0 Å². The van der Waals surface area contributed by atoms with Crippen LogP contribution in [-0.2, 0) is 9.53 Å². The number of anilines is 2. The van der Waals surface area contributed by atoms with Crippen molar-refractivity contribution in [2.24, 2.45) is 0 Å². The third-order valence-electron chi connectivity index (χ3n) is 4.51. The van der Waals surface area contributed by atoms with E-state index < -0.39 is 10.9 Å². The Kier molecular flexibility index (Phi) is 5.93. The molecule has 1 aromatic heterocycles. The van der Waals surface area contributed by atoms with Gasteiger partial charge in [-0.05, 0) is 49.6 Å². The lowest BCUT2D eigenvalue weighted by molar-refractivity contribution is -0.385. The van der Waals surface area contributed by atoms with E-state index in [1.807, 2.05) is 5.38 Å². The fraction of sp³-hybridized carbons (Fsp3) is 0.368. The van der Waals surface area contributed by atoms with Crippen molar-refractivity contribution in [3.63, 3.8) is 0 Å². The maximum absolute atomic E-state index is 12.4. The monoisotopic (exact) mass is 403 g/mol. The number of rotatable bonds is 8. The SMILES string of the molecule is CCOC(=O)c1c(C2CC2)csc1NC(=O)CNc1cccc([N+](=O)[O-])c1C. The molecule has 1 heterocycles. The summed E-state index contributed by atoms with van der Waals surface area (Å²) < 4.78 is 5.14. The summed E-state index contributed by atoms with van der Waals surface area (Å²) in [7, 11) is 0. The lowest BCUT2D eigenvalue weighted by Crippen LogP contribution is -2.23. The van der Waals surface area contributed by atoms with Gasteiger partial charge in [-0.15, -0.1) is 11.3 Å². The van der Waals surface area contributed by atoms with E-state index in [1.165, 1.54) is 17.4 Å². The summed E-state index contributed by atoms with van der Waals surface area (Å²) in [5.74, 6) is -0.420. The minimum Gasteiger partial charge on any atom is -0.462 e. The lowest BCUT2D eigenvalue weighted by Gasteiger charge is -2.11. The van der Waals surface area contributed by atoms with Crippen molar-refractivity contribution in [3.8, 4) is 0 Å². The number of hydrogen-bond donors (Lipinski definition) is 2. The number of ether oxygens (including phenoxy) is 1. The van der Waals surface area contributed by atoms with Gasteiger partial charge in [0.1, 0.15) is 5.00 Å². The highest BCUT2D eigenvalue weighted by molar-refractivity contribution is 7.15. The molecule has 1 amide bonds. The second-order valence-corrected chi connectivity index (χ2v) is 7.38. The number of nitrogens with zero attached hydrogens (tertiary/aromatic N) is 1. The van der Waals surface area contributed by atoms with Crippen LogP contribution in [-0.4, -0.2) is 30.0 Å². The number of nitrogens with one attached hydrogen (secondary N) is 2. The van der Waals surface area contributed by atoms with Gasteiger partial charge >= 0.3 is 5.97 Å². The molecule has 0 saturated heterocycles. The van der Waals surface area contributed by atoms with Gasteiger partial charge in [-0.25, -0.2) is 4.79 Å². The third-order valence-corrected chi connectivity index (χ3v) is 5.42. The number of hydrogen-bond acceptors (Lipinski definition) is 7. The summed E-state index contributed by atoms with van der Waals surface area (Å²) in [6.07, 6.45) is 2.06. The molecular formula is C19H21N3O5S. The summed E-state index contributed by atoms with van der Waals surface area (Å²) in [5.41, 5.74) is 2.33. The summed E-state index contributed by atoms with van der Waals surface area (Å²) >= 11 is 1.31. The first-order chi connectivity index (χ1) is 13.4. The molecule has 2 aromatic rings. The third kappa shape index (κ3) is 4.30. The van der Waals surface area contributed by atoms with Gasteiger partial charge in [0, 0.05) is 17.3 Å². The lowest BCUT2D eigenvalue weighted by atomic mass is 10.1. The van der Waals surface area contributed by atoms with E-state index in [0.717, 1.165) is 18.4 Å². The van der Waals surface area contributed by atoms with Crippen LogP contribution in [0.25, 0.3) is 0 Å². The van der Waals surface area contributed by atoms with E-state index in [-0.39, 0.29) is 24.7 Å². The average molecular weight is 403 g/mol. The van der Waals surface area contributed by atoms with Crippen LogP contribution in [0.5, 0.6) is 0 Å². The smallest absolute Gasteiger partial charge is 0.341 e. The highest BCUT2D eigenvalue weighted by Crippen LogP contribution is 2.46. The Morgan fingerprint density at radius 1 is 1.36 bits per heavy atom. The second-order valence-electron chi connectivity index (χ2n) is 6.50. The second kappa shape index (κ2) is 8.39. The Morgan fingerprint density at radius 2 is 2.11 bits per heavy atom. The van der Waals surface area contributed by atoms with Crippen LogP contribution >= 0.6 is 11.3 Å². The van der Waals surface area contributed by atoms with E-state index in [4.69, 9.17) is 4.74 Å². The molecule has 28 heavy (non-hydrogen) atoms. The molecule has 1 fully saturated rings. The van der Waals surface area contributed by atoms with E-state index in [9.17, 15) is 19.7 Å². The molecule has 1 aromatic carbocycles. The summed E-state index contributed by atoms with van der Waals surface area (Å²) in [6, 6.07) is 4.65. The van der Waals surface area contributed by atoms with Gasteiger partial charge in [0.25, 0.3) is 5.69 Å². The molecule has 1 saturated carbocycles. The molecule has 0 unspecified atom stereocenters. The van der Waals surface area contributed by atoms with Gasteiger partial charge in [0.2, 0.25) is 5.91 Å². The van der Waals surface area contributed by atoms with Crippen LogP contribution in [0.3, 0.4) is 0 Å². The zero-order chi connectivity index (χ0) is 20.3. The number of carbonyl (C=O) groups excluding carboxylic acids is 2. The molecule has 148 valence electrons. The molecule has 1 aliphatic carbocycles. The van der Waals surface area contributed by atoms with Crippen molar-refractivity contribution in [2.45, 2.75) is 32.6 Å². The number of thiophene rings is 1. The van der Waals surface area contributed by atoms with Crippen molar-refractivity contribution in [1.82, 2.24) is 0 Å². The standard InChI is InChI=1S/C19H21N3O5S/c1-3-27-19(24)17-13(12-7-8-12)10-28-18(17)21-16(23)9-20-14-5-4-6-15(11(14)2)22(25)26/h4-6,10,12,20H,3,7-9H2,1-2H3,(H,21,23). The molecule has 0 spiro atoms. The van der Waals surface area contributed by atoms with Gasteiger partial charge in [-0.3, -0.25) is 14.9 Å². The fourth-order valence-electron chi connectivity index (χ4n) is 2.93. The largest absolute Gasteiger partial charge is 0.462 e. The normalized spacial score (nSPS) is 13.1. The van der Waals surface area contributed by atoms with Gasteiger partial charge in [-0.2, -0.15) is 0 Å². The Balaban J connectivity index is 1.70. The zero-order valence-electron chi connectivity index (χ0n) is 15.6. The number of esters is 1. The average Bonchev–Trinajstić information content (AvgIpc) is 3.41. The Morgan fingerprint density at radius 3 is 2.75 bits per heavy atom. The van der Waals surface area contributed by atoms with Crippen LogP contribution in [0.1, 0.15) is 47.2 Å². The summed E-state index contributed by atoms with van der Waals surface area (Å²) in [6.45, 7) is 3.55. The Hall–Kier alpha value is -2.94. The van der Waals surface area contributed by atoms with Crippen LogP contribution < -0.4 is 10.6 Å². The summed E-state index contributed by atoms with van der Waals surface area (Å²) in [5, 5.41) is 19.1. The van der Waals surface area contributed by atoms with E-state index in [2.05, 4.69) is 10.6 Å². The minimum absolute atomic E-state index is 0.0117. The number of carbonyl (C=O) groups is 2. The predicted molar refractivity (Wildman–Crippen MR) is 107 cm³/mol. The molecule has 1 aliphatic rings. The molecule has 0 bridgehead atoms. The number of nitro groups is 1. The first kappa shape index (κ1) is 19.8. The molecule has 3 rings (SSSR count). The van der Waals surface area contributed by atoms with E-state index >= 15 is 0 Å². The van der Waals surface area contributed by atoms with Crippen molar-refractivity contribution >= 4 is 39.6 Å². The van der Waals surface area contributed by atoms with Crippen molar-refractivity contribution < 1.29 is 19.2 Å².